The van der Waals surface area contributed by atoms with Gasteiger partial charge in [0.25, 0.3) is 0 Å². The molecule has 0 aromatic heterocycles. The maximum Gasteiger partial charge on any atom is 0.222 e. The number of ether oxygens (including phenoxy) is 2. The summed E-state index contributed by atoms with van der Waals surface area (Å²) in [7, 11) is 1.69. The first kappa shape index (κ1) is 13.8. The standard InChI is InChI=1S/C18H19NO2/c1-13-8-10-14(11-9-13)17-19-16-7-5-4-6-15(16)18(2,21-17)12-20-3/h4-11H,12H2,1-3H3. The fourth-order valence-corrected chi connectivity index (χ4v) is 2.62. The van der Waals surface area contributed by atoms with Gasteiger partial charge in [-0.2, -0.15) is 0 Å². The molecule has 0 fully saturated rings. The molecular formula is C18H19NO2. The van der Waals surface area contributed by atoms with Gasteiger partial charge in [-0.3, -0.25) is 0 Å². The summed E-state index contributed by atoms with van der Waals surface area (Å²) in [6, 6.07) is 16.3. The zero-order chi connectivity index (χ0) is 14.9. The molecule has 1 unspecified atom stereocenters. The van der Waals surface area contributed by atoms with Crippen molar-refractivity contribution in [2.75, 3.05) is 13.7 Å². The molecule has 1 atom stereocenters. The van der Waals surface area contributed by atoms with E-state index in [-0.39, 0.29) is 0 Å². The van der Waals surface area contributed by atoms with E-state index in [0.717, 1.165) is 16.8 Å². The van der Waals surface area contributed by atoms with Gasteiger partial charge in [-0.15, -0.1) is 0 Å². The number of methoxy groups -OCH3 is 1. The second kappa shape index (κ2) is 5.34. The minimum absolute atomic E-state index is 0.481. The largest absolute Gasteiger partial charge is 0.463 e. The third kappa shape index (κ3) is 2.57. The van der Waals surface area contributed by atoms with Gasteiger partial charge >= 0.3 is 0 Å². The van der Waals surface area contributed by atoms with Crippen LogP contribution in [0.15, 0.2) is 53.5 Å². The molecule has 0 saturated carbocycles. The van der Waals surface area contributed by atoms with Crippen LogP contribution in [0.2, 0.25) is 0 Å². The highest BCUT2D eigenvalue weighted by atomic mass is 16.5. The van der Waals surface area contributed by atoms with E-state index in [4.69, 9.17) is 9.47 Å². The number of para-hydroxylation sites is 1. The number of hydrogen-bond donors (Lipinski definition) is 0. The van der Waals surface area contributed by atoms with E-state index in [1.54, 1.807) is 7.11 Å². The van der Waals surface area contributed by atoms with E-state index in [9.17, 15) is 0 Å². The summed E-state index contributed by atoms with van der Waals surface area (Å²) in [5.41, 5.74) is 3.68. The summed E-state index contributed by atoms with van der Waals surface area (Å²) in [4.78, 5) is 4.66. The normalized spacial score (nSPS) is 20.4. The number of hydrogen-bond acceptors (Lipinski definition) is 3. The molecule has 1 heterocycles. The van der Waals surface area contributed by atoms with E-state index < -0.39 is 5.60 Å². The van der Waals surface area contributed by atoms with Crippen molar-refractivity contribution < 1.29 is 9.47 Å². The zero-order valence-corrected chi connectivity index (χ0v) is 12.6. The zero-order valence-electron chi connectivity index (χ0n) is 12.6. The summed E-state index contributed by atoms with van der Waals surface area (Å²) in [5.74, 6) is 0.647. The highest BCUT2D eigenvalue weighted by Gasteiger charge is 2.36. The van der Waals surface area contributed by atoms with Gasteiger partial charge in [0, 0.05) is 18.2 Å². The Labute approximate surface area is 125 Å². The summed E-state index contributed by atoms with van der Waals surface area (Å²) in [5, 5.41) is 0. The Bertz CT molecular complexity index is 676. The van der Waals surface area contributed by atoms with E-state index >= 15 is 0 Å². The van der Waals surface area contributed by atoms with E-state index in [0.29, 0.717) is 12.5 Å². The molecule has 2 aromatic carbocycles. The lowest BCUT2D eigenvalue weighted by atomic mass is 9.93. The molecular weight excluding hydrogens is 262 g/mol. The average molecular weight is 281 g/mol. The van der Waals surface area contributed by atoms with E-state index in [2.05, 4.69) is 24.0 Å². The van der Waals surface area contributed by atoms with Crippen LogP contribution in [0.4, 0.5) is 5.69 Å². The Morgan fingerprint density at radius 2 is 1.81 bits per heavy atom. The smallest absolute Gasteiger partial charge is 0.222 e. The van der Waals surface area contributed by atoms with Gasteiger partial charge in [-0.25, -0.2) is 4.99 Å². The molecule has 21 heavy (non-hydrogen) atoms. The Balaban J connectivity index is 2.08. The molecule has 0 aliphatic carbocycles. The number of aryl methyl sites for hydroxylation is 1. The highest BCUT2D eigenvalue weighted by Crippen LogP contribution is 2.38. The predicted molar refractivity (Wildman–Crippen MR) is 84.1 cm³/mol. The van der Waals surface area contributed by atoms with Crippen molar-refractivity contribution in [1.82, 2.24) is 0 Å². The van der Waals surface area contributed by atoms with Gasteiger partial charge in [0.2, 0.25) is 5.90 Å². The lowest BCUT2D eigenvalue weighted by molar-refractivity contribution is -0.0108. The highest BCUT2D eigenvalue weighted by molar-refractivity contribution is 5.97. The first-order valence-electron chi connectivity index (χ1n) is 7.05. The van der Waals surface area contributed by atoms with Gasteiger partial charge in [-0.1, -0.05) is 35.9 Å². The van der Waals surface area contributed by atoms with Crippen LogP contribution in [0.3, 0.4) is 0 Å². The quantitative estimate of drug-likeness (QED) is 0.852. The SMILES string of the molecule is COCC1(C)OC(c2ccc(C)cc2)=Nc2ccccc21. The summed E-state index contributed by atoms with van der Waals surface area (Å²) < 4.78 is 11.6. The predicted octanol–water partition coefficient (Wildman–Crippen LogP) is 3.97. The summed E-state index contributed by atoms with van der Waals surface area (Å²) in [6.07, 6.45) is 0. The van der Waals surface area contributed by atoms with Crippen LogP contribution in [0.1, 0.15) is 23.6 Å². The van der Waals surface area contributed by atoms with Gasteiger partial charge in [-0.05, 0) is 32.0 Å². The average Bonchev–Trinajstić information content (AvgIpc) is 2.48. The molecule has 3 rings (SSSR count). The summed E-state index contributed by atoms with van der Waals surface area (Å²) in [6.45, 7) is 4.59. The van der Waals surface area contributed by atoms with Crippen LogP contribution in [0.5, 0.6) is 0 Å². The lowest BCUT2D eigenvalue weighted by Crippen LogP contribution is -2.36. The monoisotopic (exact) mass is 281 g/mol. The van der Waals surface area contributed by atoms with Crippen LogP contribution in [-0.2, 0) is 15.1 Å². The van der Waals surface area contributed by atoms with Crippen LogP contribution in [0.25, 0.3) is 0 Å². The lowest BCUT2D eigenvalue weighted by Gasteiger charge is -2.35. The fourth-order valence-electron chi connectivity index (χ4n) is 2.62. The molecule has 0 spiro atoms. The molecule has 3 heteroatoms. The third-order valence-corrected chi connectivity index (χ3v) is 3.74. The van der Waals surface area contributed by atoms with Crippen molar-refractivity contribution >= 4 is 11.6 Å². The van der Waals surface area contributed by atoms with Gasteiger partial charge < -0.3 is 9.47 Å². The van der Waals surface area contributed by atoms with Crippen molar-refractivity contribution in [3.05, 3.63) is 65.2 Å². The second-order valence-corrected chi connectivity index (χ2v) is 5.57. The van der Waals surface area contributed by atoms with Gasteiger partial charge in [0.05, 0.1) is 12.3 Å². The number of benzene rings is 2. The first-order valence-corrected chi connectivity index (χ1v) is 7.05. The van der Waals surface area contributed by atoms with Gasteiger partial charge in [0.15, 0.2) is 5.60 Å². The third-order valence-electron chi connectivity index (χ3n) is 3.74. The minimum Gasteiger partial charge on any atom is -0.463 e. The van der Waals surface area contributed by atoms with Crippen LogP contribution < -0.4 is 0 Å². The molecule has 2 aromatic rings. The molecule has 1 aliphatic rings. The van der Waals surface area contributed by atoms with E-state index in [1.807, 2.05) is 43.3 Å². The summed E-state index contributed by atoms with van der Waals surface area (Å²) >= 11 is 0. The van der Waals surface area contributed by atoms with Crippen molar-refractivity contribution in [2.45, 2.75) is 19.4 Å². The fraction of sp³-hybridized carbons (Fsp3) is 0.278. The number of fused-ring (bicyclic) bond motifs is 1. The molecule has 0 radical (unpaired) electrons. The molecule has 108 valence electrons. The molecule has 0 saturated heterocycles. The maximum atomic E-state index is 6.19. The van der Waals surface area contributed by atoms with Crippen molar-refractivity contribution in [3.8, 4) is 0 Å². The molecule has 0 N–H and O–H groups in total. The Morgan fingerprint density at radius 1 is 1.10 bits per heavy atom. The molecule has 0 bridgehead atoms. The van der Waals surface area contributed by atoms with Crippen molar-refractivity contribution in [2.24, 2.45) is 4.99 Å². The Hall–Kier alpha value is -2.13. The van der Waals surface area contributed by atoms with E-state index in [1.165, 1.54) is 5.56 Å². The van der Waals surface area contributed by atoms with Crippen molar-refractivity contribution in [3.63, 3.8) is 0 Å². The topological polar surface area (TPSA) is 30.8 Å². The first-order chi connectivity index (χ1) is 10.1. The minimum atomic E-state index is -0.521. The Kier molecular flexibility index (Phi) is 3.52. The number of nitrogens with zero attached hydrogens (tertiary/aromatic N) is 1. The molecule has 0 amide bonds. The van der Waals surface area contributed by atoms with Gasteiger partial charge in [0.1, 0.15) is 0 Å². The second-order valence-electron chi connectivity index (χ2n) is 5.57. The van der Waals surface area contributed by atoms with Crippen LogP contribution >= 0.6 is 0 Å². The number of rotatable bonds is 3. The number of aliphatic imine (C=N–C) groups is 1. The Morgan fingerprint density at radius 3 is 2.52 bits per heavy atom. The maximum absolute atomic E-state index is 6.19. The molecule has 3 nitrogen and oxygen atoms in total. The molecule has 1 aliphatic heterocycles. The van der Waals surface area contributed by atoms with Crippen LogP contribution in [0, 0.1) is 6.92 Å². The van der Waals surface area contributed by atoms with Crippen molar-refractivity contribution in [1.29, 1.82) is 0 Å². The van der Waals surface area contributed by atoms with Crippen LogP contribution in [-0.4, -0.2) is 19.6 Å².